The highest BCUT2D eigenvalue weighted by molar-refractivity contribution is 5.63. The lowest BCUT2D eigenvalue weighted by Gasteiger charge is -2.03. The summed E-state index contributed by atoms with van der Waals surface area (Å²) in [5, 5.41) is 8.33. The number of ether oxygens (including phenoxy) is 2. The van der Waals surface area contributed by atoms with Gasteiger partial charge in [-0.3, -0.25) is 0 Å². The van der Waals surface area contributed by atoms with Crippen LogP contribution in [0.3, 0.4) is 0 Å². The van der Waals surface area contributed by atoms with E-state index in [-0.39, 0.29) is 6.79 Å². The minimum atomic E-state index is 0.278. The molecule has 2 N–H and O–H groups in total. The van der Waals surface area contributed by atoms with Crippen molar-refractivity contribution in [2.75, 3.05) is 13.3 Å². The molecule has 0 saturated heterocycles. The van der Waals surface area contributed by atoms with E-state index < -0.39 is 0 Å². The van der Waals surface area contributed by atoms with Gasteiger partial charge in [-0.2, -0.15) is 10.2 Å². The van der Waals surface area contributed by atoms with Gasteiger partial charge in [0, 0.05) is 12.0 Å². The smallest absolute Gasteiger partial charge is 0.231 e. The first kappa shape index (κ1) is 11.0. The SMILES string of the molecule is NCCc1ccc(-c2ccc3c(c2)OCO3)nn1. The van der Waals surface area contributed by atoms with Crippen LogP contribution >= 0.6 is 0 Å². The van der Waals surface area contributed by atoms with Crippen LogP contribution in [0.2, 0.25) is 0 Å². The molecule has 1 aromatic carbocycles. The van der Waals surface area contributed by atoms with Gasteiger partial charge in [0.15, 0.2) is 11.5 Å². The highest BCUT2D eigenvalue weighted by atomic mass is 16.7. The van der Waals surface area contributed by atoms with Crippen LogP contribution in [-0.2, 0) is 6.42 Å². The highest BCUT2D eigenvalue weighted by Crippen LogP contribution is 2.35. The Morgan fingerprint density at radius 3 is 2.72 bits per heavy atom. The lowest BCUT2D eigenvalue weighted by molar-refractivity contribution is 0.174. The number of hydrogen-bond acceptors (Lipinski definition) is 5. The van der Waals surface area contributed by atoms with Crippen molar-refractivity contribution >= 4 is 0 Å². The zero-order valence-electron chi connectivity index (χ0n) is 9.80. The Hall–Kier alpha value is -2.14. The van der Waals surface area contributed by atoms with Crippen LogP contribution in [0.4, 0.5) is 0 Å². The van der Waals surface area contributed by atoms with Crippen LogP contribution in [0.5, 0.6) is 11.5 Å². The number of aromatic nitrogens is 2. The van der Waals surface area contributed by atoms with E-state index in [9.17, 15) is 0 Å². The molecule has 5 nitrogen and oxygen atoms in total. The average Bonchev–Trinajstić information content (AvgIpc) is 2.87. The number of fused-ring (bicyclic) bond motifs is 1. The summed E-state index contributed by atoms with van der Waals surface area (Å²) in [6, 6.07) is 9.62. The van der Waals surface area contributed by atoms with E-state index in [0.29, 0.717) is 6.54 Å². The molecular formula is C13H13N3O2. The molecule has 0 spiro atoms. The van der Waals surface area contributed by atoms with Gasteiger partial charge in [0.1, 0.15) is 0 Å². The first-order valence-corrected chi connectivity index (χ1v) is 5.79. The largest absolute Gasteiger partial charge is 0.454 e. The molecule has 2 aromatic rings. The average molecular weight is 243 g/mol. The third kappa shape index (κ3) is 2.00. The molecule has 0 atom stereocenters. The first-order valence-electron chi connectivity index (χ1n) is 5.79. The fourth-order valence-corrected chi connectivity index (χ4v) is 1.85. The van der Waals surface area contributed by atoms with Gasteiger partial charge in [0.25, 0.3) is 0 Å². The van der Waals surface area contributed by atoms with Crippen molar-refractivity contribution in [1.82, 2.24) is 10.2 Å². The zero-order valence-corrected chi connectivity index (χ0v) is 9.80. The lowest BCUT2D eigenvalue weighted by atomic mass is 10.1. The Morgan fingerprint density at radius 1 is 1.06 bits per heavy atom. The molecule has 1 aromatic heterocycles. The Morgan fingerprint density at radius 2 is 1.94 bits per heavy atom. The van der Waals surface area contributed by atoms with E-state index in [1.807, 2.05) is 30.3 Å². The Kier molecular flexibility index (Phi) is 2.82. The van der Waals surface area contributed by atoms with E-state index in [0.717, 1.165) is 34.9 Å². The maximum Gasteiger partial charge on any atom is 0.231 e. The quantitative estimate of drug-likeness (QED) is 0.881. The third-order valence-electron chi connectivity index (χ3n) is 2.79. The summed E-state index contributed by atoms with van der Waals surface area (Å²) in [5.74, 6) is 1.52. The monoisotopic (exact) mass is 243 g/mol. The Bertz CT molecular complexity index is 555. The number of benzene rings is 1. The van der Waals surface area contributed by atoms with Crippen LogP contribution in [0.15, 0.2) is 30.3 Å². The van der Waals surface area contributed by atoms with Gasteiger partial charge < -0.3 is 15.2 Å². The molecule has 0 amide bonds. The molecule has 5 heteroatoms. The van der Waals surface area contributed by atoms with Crippen molar-refractivity contribution in [2.45, 2.75) is 6.42 Å². The molecule has 18 heavy (non-hydrogen) atoms. The fourth-order valence-electron chi connectivity index (χ4n) is 1.85. The zero-order chi connectivity index (χ0) is 12.4. The second-order valence-corrected chi connectivity index (χ2v) is 4.02. The van der Waals surface area contributed by atoms with Gasteiger partial charge in [-0.15, -0.1) is 0 Å². The van der Waals surface area contributed by atoms with Crippen LogP contribution < -0.4 is 15.2 Å². The maximum atomic E-state index is 5.47. The van der Waals surface area contributed by atoms with Crippen LogP contribution in [0, 0.1) is 0 Å². The highest BCUT2D eigenvalue weighted by Gasteiger charge is 2.14. The van der Waals surface area contributed by atoms with Gasteiger partial charge in [0.05, 0.1) is 11.4 Å². The molecule has 1 aliphatic rings. The van der Waals surface area contributed by atoms with Crippen LogP contribution in [0.25, 0.3) is 11.3 Å². The first-order chi connectivity index (χ1) is 8.86. The van der Waals surface area contributed by atoms with Gasteiger partial charge in [-0.1, -0.05) is 0 Å². The standard InChI is InChI=1S/C13H13N3O2/c14-6-5-10-2-3-11(16-15-10)9-1-4-12-13(7-9)18-8-17-12/h1-4,7H,5-6,8,14H2. The summed E-state index contributed by atoms with van der Waals surface area (Å²) < 4.78 is 10.6. The Labute approximate surface area is 105 Å². The lowest BCUT2D eigenvalue weighted by Crippen LogP contribution is -2.05. The third-order valence-corrected chi connectivity index (χ3v) is 2.79. The summed E-state index contributed by atoms with van der Waals surface area (Å²) in [4.78, 5) is 0. The number of nitrogens with two attached hydrogens (primary N) is 1. The van der Waals surface area contributed by atoms with Crippen molar-refractivity contribution in [3.8, 4) is 22.8 Å². The molecule has 0 fully saturated rings. The van der Waals surface area contributed by atoms with Crippen LogP contribution in [-0.4, -0.2) is 23.5 Å². The molecule has 0 radical (unpaired) electrons. The number of hydrogen-bond donors (Lipinski definition) is 1. The Balaban J connectivity index is 1.90. The normalized spacial score (nSPS) is 12.7. The predicted octanol–water partition coefficient (Wildman–Crippen LogP) is 1.37. The molecule has 0 unspecified atom stereocenters. The van der Waals surface area contributed by atoms with Gasteiger partial charge in [0.2, 0.25) is 6.79 Å². The molecule has 3 rings (SSSR count). The maximum absolute atomic E-state index is 5.47. The molecule has 0 saturated carbocycles. The van der Waals surface area contributed by atoms with Crippen molar-refractivity contribution in [2.24, 2.45) is 5.73 Å². The summed E-state index contributed by atoms with van der Waals surface area (Å²) in [6.45, 7) is 0.859. The summed E-state index contributed by atoms with van der Waals surface area (Å²) in [5.41, 5.74) is 8.16. The molecule has 0 aliphatic carbocycles. The topological polar surface area (TPSA) is 70.3 Å². The van der Waals surface area contributed by atoms with E-state index in [1.54, 1.807) is 0 Å². The summed E-state index contributed by atoms with van der Waals surface area (Å²) in [6.07, 6.45) is 0.744. The van der Waals surface area contributed by atoms with Gasteiger partial charge in [-0.25, -0.2) is 0 Å². The minimum Gasteiger partial charge on any atom is -0.454 e. The molecular weight excluding hydrogens is 230 g/mol. The van der Waals surface area contributed by atoms with E-state index in [2.05, 4.69) is 10.2 Å². The number of nitrogens with zero attached hydrogens (tertiary/aromatic N) is 2. The second-order valence-electron chi connectivity index (χ2n) is 4.02. The molecule has 2 heterocycles. The molecule has 92 valence electrons. The number of rotatable bonds is 3. The summed E-state index contributed by atoms with van der Waals surface area (Å²) in [7, 11) is 0. The van der Waals surface area contributed by atoms with Crippen molar-refractivity contribution in [1.29, 1.82) is 0 Å². The second kappa shape index (κ2) is 4.62. The van der Waals surface area contributed by atoms with Gasteiger partial charge >= 0.3 is 0 Å². The van der Waals surface area contributed by atoms with E-state index in [4.69, 9.17) is 15.2 Å². The van der Waals surface area contributed by atoms with Gasteiger partial charge in [-0.05, 0) is 36.9 Å². The van der Waals surface area contributed by atoms with Crippen molar-refractivity contribution in [3.05, 3.63) is 36.0 Å². The van der Waals surface area contributed by atoms with Crippen LogP contribution in [0.1, 0.15) is 5.69 Å². The van der Waals surface area contributed by atoms with Crippen molar-refractivity contribution < 1.29 is 9.47 Å². The molecule has 0 bridgehead atoms. The fraction of sp³-hybridized carbons (Fsp3) is 0.231. The summed E-state index contributed by atoms with van der Waals surface area (Å²) >= 11 is 0. The van der Waals surface area contributed by atoms with Crippen molar-refractivity contribution in [3.63, 3.8) is 0 Å². The predicted molar refractivity (Wildman–Crippen MR) is 66.3 cm³/mol. The minimum absolute atomic E-state index is 0.278. The van der Waals surface area contributed by atoms with E-state index in [1.165, 1.54) is 0 Å². The van der Waals surface area contributed by atoms with E-state index >= 15 is 0 Å². The molecule has 1 aliphatic heterocycles.